The van der Waals surface area contributed by atoms with Crippen LogP contribution in [0.1, 0.15) is 49.0 Å². The minimum Gasteiger partial charge on any atom is -0.480 e. The standard InChI is InChI=1S/C21H27N5O2/c1-6-26-15(4)20(14(3)25-26)13(2)22-19(27)12-11-18-21(28-5)24-17-10-8-7-9-16(17)23-18/h7-10,13H,6,11-12H2,1-5H3,(H,22,27). The summed E-state index contributed by atoms with van der Waals surface area (Å²) in [6.45, 7) is 8.88. The number of rotatable bonds is 7. The molecular formula is C21H27N5O2. The molecule has 0 radical (unpaired) electrons. The lowest BCUT2D eigenvalue weighted by Crippen LogP contribution is -2.27. The second-order valence-corrected chi connectivity index (χ2v) is 6.86. The number of fused-ring (bicyclic) bond motifs is 1. The molecule has 0 aliphatic carbocycles. The van der Waals surface area contributed by atoms with Crippen LogP contribution >= 0.6 is 0 Å². The molecule has 0 bridgehead atoms. The SMILES string of the molecule is CCn1nc(C)c(C(C)NC(=O)CCc2nc3ccccc3nc2OC)c1C. The molecule has 148 valence electrons. The minimum atomic E-state index is -0.0996. The molecule has 1 aromatic carbocycles. The number of carbonyl (C=O) groups excluding carboxylic acids is 1. The number of benzene rings is 1. The van der Waals surface area contributed by atoms with Crippen LogP contribution in [0, 0.1) is 13.8 Å². The summed E-state index contributed by atoms with van der Waals surface area (Å²) in [4.78, 5) is 21.6. The predicted molar refractivity (Wildman–Crippen MR) is 108 cm³/mol. The summed E-state index contributed by atoms with van der Waals surface area (Å²) in [5.41, 5.74) is 5.39. The first-order valence-electron chi connectivity index (χ1n) is 9.57. The van der Waals surface area contributed by atoms with Gasteiger partial charge in [0.25, 0.3) is 0 Å². The van der Waals surface area contributed by atoms with Crippen LogP contribution in [-0.4, -0.2) is 32.8 Å². The summed E-state index contributed by atoms with van der Waals surface area (Å²) in [6.07, 6.45) is 0.777. The zero-order chi connectivity index (χ0) is 20.3. The second-order valence-electron chi connectivity index (χ2n) is 6.86. The largest absolute Gasteiger partial charge is 0.480 e. The van der Waals surface area contributed by atoms with Gasteiger partial charge in [0.1, 0.15) is 5.69 Å². The van der Waals surface area contributed by atoms with Crippen molar-refractivity contribution in [3.05, 3.63) is 46.9 Å². The highest BCUT2D eigenvalue weighted by molar-refractivity contribution is 5.77. The Balaban J connectivity index is 1.69. The number of nitrogens with one attached hydrogen (secondary N) is 1. The molecule has 1 atom stereocenters. The molecule has 2 heterocycles. The normalized spacial score (nSPS) is 12.2. The molecule has 0 spiro atoms. The third kappa shape index (κ3) is 3.98. The molecular weight excluding hydrogens is 354 g/mol. The van der Waals surface area contributed by atoms with Crippen LogP contribution in [0.3, 0.4) is 0 Å². The maximum Gasteiger partial charge on any atom is 0.235 e. The summed E-state index contributed by atoms with van der Waals surface area (Å²) >= 11 is 0. The summed E-state index contributed by atoms with van der Waals surface area (Å²) in [5.74, 6) is 0.433. The number of hydrogen-bond acceptors (Lipinski definition) is 5. The average Bonchev–Trinajstić information content (AvgIpc) is 2.98. The van der Waals surface area contributed by atoms with E-state index in [2.05, 4.69) is 27.3 Å². The van der Waals surface area contributed by atoms with Gasteiger partial charge in [-0.3, -0.25) is 9.48 Å². The fourth-order valence-electron chi connectivity index (χ4n) is 3.61. The molecule has 7 heteroatoms. The highest BCUT2D eigenvalue weighted by atomic mass is 16.5. The second kappa shape index (κ2) is 8.37. The van der Waals surface area contributed by atoms with Crippen LogP contribution in [0.25, 0.3) is 11.0 Å². The molecule has 0 fully saturated rings. The Labute approximate surface area is 165 Å². The Morgan fingerprint density at radius 2 is 1.89 bits per heavy atom. The van der Waals surface area contributed by atoms with Gasteiger partial charge in [0, 0.05) is 30.6 Å². The zero-order valence-corrected chi connectivity index (χ0v) is 17.1. The van der Waals surface area contributed by atoms with E-state index in [0.717, 1.165) is 34.5 Å². The van der Waals surface area contributed by atoms with Crippen LogP contribution in [0.2, 0.25) is 0 Å². The molecule has 7 nitrogen and oxygen atoms in total. The molecule has 3 rings (SSSR count). The van der Waals surface area contributed by atoms with E-state index in [0.29, 0.717) is 24.4 Å². The van der Waals surface area contributed by atoms with E-state index in [-0.39, 0.29) is 11.9 Å². The van der Waals surface area contributed by atoms with Crippen LogP contribution < -0.4 is 10.1 Å². The van der Waals surface area contributed by atoms with Gasteiger partial charge in [-0.2, -0.15) is 5.10 Å². The Morgan fingerprint density at radius 1 is 1.21 bits per heavy atom. The topological polar surface area (TPSA) is 81.9 Å². The van der Waals surface area contributed by atoms with Gasteiger partial charge in [-0.1, -0.05) is 12.1 Å². The molecule has 0 aliphatic rings. The highest BCUT2D eigenvalue weighted by Gasteiger charge is 2.19. The smallest absolute Gasteiger partial charge is 0.235 e. The number of hydrogen-bond donors (Lipinski definition) is 1. The number of amides is 1. The maximum atomic E-state index is 12.5. The van der Waals surface area contributed by atoms with Crippen LogP contribution in [-0.2, 0) is 17.8 Å². The number of ether oxygens (including phenoxy) is 1. The van der Waals surface area contributed by atoms with Gasteiger partial charge in [0.2, 0.25) is 11.8 Å². The van der Waals surface area contributed by atoms with E-state index in [4.69, 9.17) is 4.74 Å². The molecule has 0 saturated carbocycles. The molecule has 1 N–H and O–H groups in total. The lowest BCUT2D eigenvalue weighted by Gasteiger charge is -2.15. The Morgan fingerprint density at radius 3 is 2.50 bits per heavy atom. The lowest BCUT2D eigenvalue weighted by molar-refractivity contribution is -0.121. The van der Waals surface area contributed by atoms with Crippen molar-refractivity contribution in [1.29, 1.82) is 0 Å². The van der Waals surface area contributed by atoms with E-state index in [9.17, 15) is 4.79 Å². The molecule has 0 saturated heterocycles. The first-order valence-corrected chi connectivity index (χ1v) is 9.57. The van der Waals surface area contributed by atoms with Crippen molar-refractivity contribution in [3.8, 4) is 5.88 Å². The van der Waals surface area contributed by atoms with Crippen LogP contribution in [0.5, 0.6) is 5.88 Å². The molecule has 0 aliphatic heterocycles. The van der Waals surface area contributed by atoms with Gasteiger partial charge < -0.3 is 10.1 Å². The molecule has 1 amide bonds. The fourth-order valence-corrected chi connectivity index (χ4v) is 3.61. The van der Waals surface area contributed by atoms with Crippen molar-refractivity contribution in [1.82, 2.24) is 25.1 Å². The first-order chi connectivity index (χ1) is 13.4. The van der Waals surface area contributed by atoms with Crippen molar-refractivity contribution >= 4 is 16.9 Å². The highest BCUT2D eigenvalue weighted by Crippen LogP contribution is 2.22. The maximum absolute atomic E-state index is 12.5. The van der Waals surface area contributed by atoms with Gasteiger partial charge in [0.15, 0.2) is 0 Å². The molecule has 3 aromatic rings. The number of aromatic nitrogens is 4. The number of methoxy groups -OCH3 is 1. The summed E-state index contributed by atoms with van der Waals surface area (Å²) in [5, 5.41) is 7.61. The van der Waals surface area contributed by atoms with Crippen LogP contribution in [0.4, 0.5) is 0 Å². The Hall–Kier alpha value is -2.96. The zero-order valence-electron chi connectivity index (χ0n) is 17.1. The van der Waals surface area contributed by atoms with E-state index in [1.54, 1.807) is 7.11 Å². The summed E-state index contributed by atoms with van der Waals surface area (Å²) in [7, 11) is 1.57. The van der Waals surface area contributed by atoms with Gasteiger partial charge in [-0.05, 0) is 39.8 Å². The number of aryl methyl sites for hydroxylation is 3. The van der Waals surface area contributed by atoms with Crippen molar-refractivity contribution in [2.75, 3.05) is 7.11 Å². The van der Waals surface area contributed by atoms with Crippen molar-refractivity contribution < 1.29 is 9.53 Å². The summed E-state index contributed by atoms with van der Waals surface area (Å²) < 4.78 is 7.33. The number of carbonyl (C=O) groups is 1. The van der Waals surface area contributed by atoms with Gasteiger partial charge in [0.05, 0.1) is 29.9 Å². The predicted octanol–water partition coefficient (Wildman–Crippen LogP) is 3.28. The van der Waals surface area contributed by atoms with Gasteiger partial charge in [-0.25, -0.2) is 9.97 Å². The van der Waals surface area contributed by atoms with E-state index in [1.165, 1.54) is 0 Å². The van der Waals surface area contributed by atoms with E-state index >= 15 is 0 Å². The minimum absolute atomic E-state index is 0.0347. The van der Waals surface area contributed by atoms with Crippen molar-refractivity contribution in [2.45, 2.75) is 53.1 Å². The van der Waals surface area contributed by atoms with E-state index in [1.807, 2.05) is 49.7 Å². The van der Waals surface area contributed by atoms with Crippen molar-refractivity contribution in [2.24, 2.45) is 0 Å². The third-order valence-electron chi connectivity index (χ3n) is 4.94. The van der Waals surface area contributed by atoms with E-state index < -0.39 is 0 Å². The Bertz CT molecular complexity index is 996. The molecule has 1 unspecified atom stereocenters. The van der Waals surface area contributed by atoms with Crippen LogP contribution in [0.15, 0.2) is 24.3 Å². The first kappa shape index (κ1) is 19.8. The lowest BCUT2D eigenvalue weighted by atomic mass is 10.1. The number of nitrogens with zero attached hydrogens (tertiary/aromatic N) is 4. The van der Waals surface area contributed by atoms with Gasteiger partial charge >= 0.3 is 0 Å². The Kier molecular flexibility index (Phi) is 5.92. The molecule has 28 heavy (non-hydrogen) atoms. The van der Waals surface area contributed by atoms with Crippen molar-refractivity contribution in [3.63, 3.8) is 0 Å². The average molecular weight is 381 g/mol. The molecule has 2 aromatic heterocycles. The summed E-state index contributed by atoms with van der Waals surface area (Å²) in [6, 6.07) is 7.53. The monoisotopic (exact) mass is 381 g/mol. The van der Waals surface area contributed by atoms with Gasteiger partial charge in [-0.15, -0.1) is 0 Å². The number of para-hydroxylation sites is 2. The fraction of sp³-hybridized carbons (Fsp3) is 0.429. The third-order valence-corrected chi connectivity index (χ3v) is 4.94. The quantitative estimate of drug-likeness (QED) is 0.679.